The van der Waals surface area contributed by atoms with Crippen LogP contribution in [0.15, 0.2) is 36.9 Å². The van der Waals surface area contributed by atoms with Gasteiger partial charge in [0.1, 0.15) is 0 Å². The molecule has 0 aromatic heterocycles. The Bertz CT molecular complexity index is 874. The molecular formula is C23H24F4O2. The third-order valence-electron chi connectivity index (χ3n) is 5.38. The summed E-state index contributed by atoms with van der Waals surface area (Å²) in [6.45, 7) is 5.87. The van der Waals surface area contributed by atoms with Gasteiger partial charge in [0, 0.05) is 11.1 Å². The molecule has 1 saturated carbocycles. The third kappa shape index (κ3) is 4.57. The summed E-state index contributed by atoms with van der Waals surface area (Å²) >= 11 is 0. The van der Waals surface area contributed by atoms with E-state index in [-0.39, 0.29) is 41.8 Å². The summed E-state index contributed by atoms with van der Waals surface area (Å²) in [5.74, 6) is -4.75. The first kappa shape index (κ1) is 21.2. The highest BCUT2D eigenvalue weighted by Crippen LogP contribution is 2.35. The third-order valence-corrected chi connectivity index (χ3v) is 5.38. The van der Waals surface area contributed by atoms with E-state index in [1.54, 1.807) is 6.92 Å². The van der Waals surface area contributed by atoms with Gasteiger partial charge in [-0.3, -0.25) is 0 Å². The average molecular weight is 408 g/mol. The highest BCUT2D eigenvalue weighted by atomic mass is 19.2. The summed E-state index contributed by atoms with van der Waals surface area (Å²) in [5.41, 5.74) is -0.752. The smallest absolute Gasteiger partial charge is 0.201 e. The van der Waals surface area contributed by atoms with Gasteiger partial charge in [-0.05, 0) is 68.7 Å². The lowest BCUT2D eigenvalue weighted by molar-refractivity contribution is 0.188. The maximum Gasteiger partial charge on any atom is 0.201 e. The molecule has 0 unspecified atom stereocenters. The molecule has 2 nitrogen and oxygen atoms in total. The zero-order valence-electron chi connectivity index (χ0n) is 16.3. The van der Waals surface area contributed by atoms with Gasteiger partial charge in [-0.2, -0.15) is 8.78 Å². The monoisotopic (exact) mass is 408 g/mol. The van der Waals surface area contributed by atoms with Crippen molar-refractivity contribution in [1.29, 1.82) is 0 Å². The molecule has 0 radical (unpaired) electrons. The fourth-order valence-corrected chi connectivity index (χ4v) is 3.66. The minimum atomic E-state index is -1.29. The second-order valence-corrected chi connectivity index (χ2v) is 7.24. The van der Waals surface area contributed by atoms with E-state index in [0.29, 0.717) is 5.92 Å². The number of hydrogen-bond acceptors (Lipinski definition) is 2. The van der Waals surface area contributed by atoms with Crippen LogP contribution in [0.3, 0.4) is 0 Å². The fraction of sp³-hybridized carbons (Fsp3) is 0.391. The first-order valence-corrected chi connectivity index (χ1v) is 9.80. The molecule has 2 aromatic rings. The van der Waals surface area contributed by atoms with Gasteiger partial charge in [0.15, 0.2) is 23.1 Å². The lowest BCUT2D eigenvalue weighted by Gasteiger charge is -2.26. The molecule has 0 aliphatic heterocycles. The Morgan fingerprint density at radius 1 is 0.828 bits per heavy atom. The van der Waals surface area contributed by atoms with Gasteiger partial charge in [0.25, 0.3) is 0 Å². The van der Waals surface area contributed by atoms with Crippen LogP contribution in [0.1, 0.15) is 32.6 Å². The summed E-state index contributed by atoms with van der Waals surface area (Å²) in [4.78, 5) is 0. The van der Waals surface area contributed by atoms with Crippen molar-refractivity contribution in [3.63, 3.8) is 0 Å². The van der Waals surface area contributed by atoms with Gasteiger partial charge in [-0.1, -0.05) is 6.08 Å². The van der Waals surface area contributed by atoms with Gasteiger partial charge in [0.2, 0.25) is 11.6 Å². The van der Waals surface area contributed by atoms with E-state index in [1.807, 2.05) is 6.08 Å². The van der Waals surface area contributed by atoms with Crippen LogP contribution < -0.4 is 9.47 Å². The average Bonchev–Trinajstić information content (AvgIpc) is 2.74. The van der Waals surface area contributed by atoms with Crippen LogP contribution in [0.4, 0.5) is 17.6 Å². The highest BCUT2D eigenvalue weighted by molar-refractivity contribution is 5.67. The first-order valence-electron chi connectivity index (χ1n) is 9.80. The number of rotatable bonds is 7. The van der Waals surface area contributed by atoms with E-state index >= 15 is 0 Å². The van der Waals surface area contributed by atoms with Gasteiger partial charge in [0.05, 0.1) is 13.2 Å². The molecule has 2 aromatic carbocycles. The lowest BCUT2D eigenvalue weighted by Crippen LogP contribution is -2.19. The van der Waals surface area contributed by atoms with Crippen LogP contribution in [0.25, 0.3) is 11.1 Å². The summed E-state index contributed by atoms with van der Waals surface area (Å²) in [7, 11) is 0. The number of hydrogen-bond donors (Lipinski definition) is 0. The number of benzene rings is 2. The van der Waals surface area contributed by atoms with Gasteiger partial charge in [-0.15, -0.1) is 6.58 Å². The predicted molar refractivity (Wildman–Crippen MR) is 104 cm³/mol. The Kier molecular flexibility index (Phi) is 6.83. The van der Waals surface area contributed by atoms with Crippen molar-refractivity contribution in [3.8, 4) is 22.6 Å². The molecule has 0 N–H and O–H groups in total. The maximum atomic E-state index is 14.6. The summed E-state index contributed by atoms with van der Waals surface area (Å²) in [6, 6.07) is 4.80. The lowest BCUT2D eigenvalue weighted by atomic mass is 9.82. The SMILES string of the molecule is C=CC1CCC(COc2ccc(-c3ccc(OCC)c(F)c3F)c(F)c2F)CC1. The van der Waals surface area contributed by atoms with E-state index in [1.165, 1.54) is 24.3 Å². The van der Waals surface area contributed by atoms with E-state index in [9.17, 15) is 17.6 Å². The molecule has 156 valence electrons. The normalized spacial score (nSPS) is 19.1. The van der Waals surface area contributed by atoms with Crippen molar-refractivity contribution in [2.75, 3.05) is 13.2 Å². The van der Waals surface area contributed by atoms with Crippen molar-refractivity contribution in [1.82, 2.24) is 0 Å². The van der Waals surface area contributed by atoms with Gasteiger partial charge in [-0.25, -0.2) is 8.78 Å². The molecule has 0 bridgehead atoms. The Hall–Kier alpha value is -2.50. The van der Waals surface area contributed by atoms with Crippen LogP contribution in [0, 0.1) is 35.1 Å². The van der Waals surface area contributed by atoms with Crippen LogP contribution in [0.2, 0.25) is 0 Å². The van der Waals surface area contributed by atoms with Gasteiger partial charge < -0.3 is 9.47 Å². The van der Waals surface area contributed by atoms with Crippen molar-refractivity contribution in [2.24, 2.45) is 11.8 Å². The number of halogens is 4. The molecule has 0 atom stereocenters. The van der Waals surface area contributed by atoms with Crippen LogP contribution >= 0.6 is 0 Å². The van der Waals surface area contributed by atoms with Crippen molar-refractivity contribution in [2.45, 2.75) is 32.6 Å². The zero-order valence-corrected chi connectivity index (χ0v) is 16.3. The molecule has 0 amide bonds. The molecule has 1 aliphatic carbocycles. The molecule has 3 rings (SSSR count). The van der Waals surface area contributed by atoms with Crippen molar-refractivity contribution >= 4 is 0 Å². The molecule has 0 spiro atoms. The number of allylic oxidation sites excluding steroid dienone is 1. The minimum absolute atomic E-state index is 0.153. The first-order chi connectivity index (χ1) is 14.0. The molecular weight excluding hydrogens is 384 g/mol. The Labute approximate surface area is 168 Å². The molecule has 1 fully saturated rings. The van der Waals surface area contributed by atoms with E-state index < -0.39 is 23.3 Å². The van der Waals surface area contributed by atoms with E-state index in [2.05, 4.69) is 6.58 Å². The van der Waals surface area contributed by atoms with Crippen molar-refractivity contribution in [3.05, 3.63) is 60.2 Å². The maximum absolute atomic E-state index is 14.6. The zero-order chi connectivity index (χ0) is 21.0. The molecule has 29 heavy (non-hydrogen) atoms. The second kappa shape index (κ2) is 9.33. The fourth-order valence-electron chi connectivity index (χ4n) is 3.66. The van der Waals surface area contributed by atoms with Crippen LogP contribution in [-0.4, -0.2) is 13.2 Å². The topological polar surface area (TPSA) is 18.5 Å². The predicted octanol–water partition coefficient (Wildman–Crippen LogP) is 6.68. The summed E-state index contributed by atoms with van der Waals surface area (Å²) in [5, 5.41) is 0. The Morgan fingerprint density at radius 2 is 1.34 bits per heavy atom. The molecule has 0 heterocycles. The van der Waals surface area contributed by atoms with Crippen LogP contribution in [-0.2, 0) is 0 Å². The Balaban J connectivity index is 1.76. The minimum Gasteiger partial charge on any atom is -0.491 e. The quantitative estimate of drug-likeness (QED) is 0.376. The standard InChI is InChI=1S/C23H24F4O2/c1-3-14-5-7-15(8-6-14)13-29-19-12-10-17(21(25)23(19)27)16-9-11-18(28-4-2)22(26)20(16)24/h3,9-12,14-15H,1,4-8,13H2,2H3. The van der Waals surface area contributed by atoms with Crippen molar-refractivity contribution < 1.29 is 27.0 Å². The second-order valence-electron chi connectivity index (χ2n) is 7.24. The molecule has 1 aliphatic rings. The van der Waals surface area contributed by atoms with Crippen LogP contribution in [0.5, 0.6) is 11.5 Å². The molecule has 0 saturated heterocycles. The van der Waals surface area contributed by atoms with E-state index in [4.69, 9.17) is 9.47 Å². The summed E-state index contributed by atoms with van der Waals surface area (Å²) < 4.78 is 68.0. The number of ether oxygens (including phenoxy) is 2. The highest BCUT2D eigenvalue weighted by Gasteiger charge is 2.23. The molecule has 6 heteroatoms. The summed E-state index contributed by atoms with van der Waals surface area (Å²) in [6.07, 6.45) is 5.85. The van der Waals surface area contributed by atoms with Gasteiger partial charge >= 0.3 is 0 Å². The van der Waals surface area contributed by atoms with E-state index in [0.717, 1.165) is 25.7 Å². The Morgan fingerprint density at radius 3 is 1.83 bits per heavy atom. The largest absolute Gasteiger partial charge is 0.491 e.